The number of nitrogens with zero attached hydrogens (tertiary/aromatic N) is 1. The molecule has 1 atom stereocenters. The molecule has 2 aliphatic rings. The van der Waals surface area contributed by atoms with Gasteiger partial charge in [0.1, 0.15) is 25.9 Å². The van der Waals surface area contributed by atoms with Gasteiger partial charge in [0.15, 0.2) is 0 Å². The molecule has 60 heavy (non-hydrogen) atoms. The second kappa shape index (κ2) is 22.3. The van der Waals surface area contributed by atoms with Crippen molar-refractivity contribution in [1.29, 1.82) is 0 Å². The number of hydrogen-bond donors (Lipinski definition) is 4. The van der Waals surface area contributed by atoms with E-state index in [4.69, 9.17) is 28.8 Å². The molecule has 0 bridgehead atoms. The molecular weight excluding hydrogens is 1340 g/mol. The standard InChI is InChI=1S/C37H40N3O15PS2.2Fm/c1-50-34(43)21-51-16-14-24-18-23(19-53-37(46)55-40-32(41)12-13-33(40)42)10-11-31(24)58-57-22-30(35(44)38-15-17-54-56(47,48)49)39-36(45)52-20-29-27-8-4-2-6-25(27)26-7-3-5-9-28(26)29;;/h2-11,18,29-30H,12-17,19-22H2,1H3,(H,38,44)(H,39,45)(H2,47,48,49);;. The molecule has 1 fully saturated rings. The summed E-state index contributed by atoms with van der Waals surface area (Å²) in [5.41, 5.74) is 5.30. The van der Waals surface area contributed by atoms with Crippen LogP contribution >= 0.6 is 29.4 Å². The van der Waals surface area contributed by atoms with Crippen LogP contribution in [0.1, 0.15) is 41.0 Å². The zero-order valence-corrected chi connectivity index (χ0v) is 38.9. The minimum Gasteiger partial charge on any atom is -0.467 e. The minimum atomic E-state index is -4.77. The Kier molecular flexibility index (Phi) is 17.6. The van der Waals surface area contributed by atoms with E-state index in [1.807, 2.05) is 48.5 Å². The summed E-state index contributed by atoms with van der Waals surface area (Å²) in [5.74, 6) is -2.77. The van der Waals surface area contributed by atoms with Crippen LogP contribution < -0.4 is 10.6 Å². The molecule has 4 amide bonds. The monoisotopic (exact) mass is 1380 g/mol. The van der Waals surface area contributed by atoms with Crippen LogP contribution in [0.15, 0.2) is 71.6 Å². The van der Waals surface area contributed by atoms with Gasteiger partial charge in [-0.2, -0.15) is 0 Å². The number of hydrogen-bond acceptors (Lipinski definition) is 15. The number of benzene rings is 3. The fourth-order valence-electron chi connectivity index (χ4n) is 5.89. The van der Waals surface area contributed by atoms with Gasteiger partial charge in [-0.05, 0) is 45.9 Å². The average molecular weight is 1380 g/mol. The first-order valence-corrected chi connectivity index (χ1v) is 21.5. The molecule has 0 radical (unpaired) electrons. The van der Waals surface area contributed by atoms with E-state index >= 15 is 0 Å². The molecule has 3 aromatic rings. The summed E-state index contributed by atoms with van der Waals surface area (Å²) in [5, 5.41) is 5.48. The van der Waals surface area contributed by atoms with Gasteiger partial charge in [-0.25, -0.2) is 18.9 Å². The van der Waals surface area contributed by atoms with Crippen molar-refractivity contribution in [3.05, 3.63) is 89.0 Å². The van der Waals surface area contributed by atoms with Crippen LogP contribution in [0.2, 0.25) is 0 Å². The average Bonchev–Trinajstić information content (AvgIpc) is 3.70. The van der Waals surface area contributed by atoms with E-state index in [9.17, 15) is 33.3 Å². The number of amides is 4. The third-order valence-electron chi connectivity index (χ3n) is 8.61. The number of phosphoric acid groups is 1. The number of imide groups is 1. The molecule has 1 aliphatic carbocycles. The van der Waals surface area contributed by atoms with Crippen molar-refractivity contribution in [2.75, 3.05) is 45.8 Å². The van der Waals surface area contributed by atoms with Gasteiger partial charge in [0.2, 0.25) is 5.91 Å². The summed E-state index contributed by atoms with van der Waals surface area (Å²) in [6, 6.07) is 19.6. The number of fused-ring (bicyclic) bond motifs is 3. The number of phosphoric ester groups is 1. The zero-order valence-electron chi connectivity index (χ0n) is 31.6. The van der Waals surface area contributed by atoms with Crippen molar-refractivity contribution < 1.29 is 71.4 Å². The van der Waals surface area contributed by atoms with Crippen molar-refractivity contribution in [3.8, 4) is 11.1 Å². The third-order valence-corrected chi connectivity index (χ3v) is 11.6. The van der Waals surface area contributed by atoms with Crippen molar-refractivity contribution >= 4 is 65.3 Å². The Hall–Kier alpha value is -6.95. The Balaban J connectivity index is 0.00000480. The first kappa shape index (κ1) is 47.4. The van der Waals surface area contributed by atoms with E-state index in [0.29, 0.717) is 21.1 Å². The van der Waals surface area contributed by atoms with Crippen LogP contribution in [0, 0.1) is 0 Å². The van der Waals surface area contributed by atoms with Gasteiger partial charge in [0.25, 0.3) is 11.8 Å². The van der Waals surface area contributed by atoms with Gasteiger partial charge >= 0.3 is 26.0 Å². The van der Waals surface area contributed by atoms with Gasteiger partial charge in [-0.3, -0.25) is 23.7 Å². The maximum absolute atomic E-state index is 13.3. The molecule has 1 unspecified atom stereocenters. The maximum Gasteiger partial charge on any atom is 0.534 e. The van der Waals surface area contributed by atoms with E-state index in [0.717, 1.165) is 22.3 Å². The van der Waals surface area contributed by atoms with E-state index in [2.05, 4.69) is 19.9 Å². The molecule has 5 rings (SSSR count). The number of alkyl carbamates (subject to hydrolysis) is 1. The van der Waals surface area contributed by atoms with Crippen molar-refractivity contribution in [1.82, 2.24) is 15.7 Å². The topological polar surface area (TPSA) is 243 Å². The number of esters is 1. The number of methoxy groups -OCH3 is 1. The summed E-state index contributed by atoms with van der Waals surface area (Å²) < 4.78 is 36.3. The number of carbonyl (C=O) groups is 6. The molecule has 1 heterocycles. The van der Waals surface area contributed by atoms with Crippen molar-refractivity contribution in [2.45, 2.75) is 42.7 Å². The summed E-state index contributed by atoms with van der Waals surface area (Å²) >= 11 is 0. The third kappa shape index (κ3) is 13.3. The number of nitrogens with one attached hydrogen (secondary N) is 2. The summed E-state index contributed by atoms with van der Waals surface area (Å²) in [6.07, 6.45) is -1.96. The van der Waals surface area contributed by atoms with Crippen LogP contribution in [-0.4, -0.2) is 103 Å². The molecule has 1 aliphatic heterocycles. The Morgan fingerprint density at radius 2 is 1.57 bits per heavy atom. The summed E-state index contributed by atoms with van der Waals surface area (Å²) in [7, 11) is -1.10. The van der Waals surface area contributed by atoms with Crippen molar-refractivity contribution in [2.24, 2.45) is 0 Å². The predicted octanol–water partition coefficient (Wildman–Crippen LogP) is 4.01. The number of hydroxylamine groups is 2. The van der Waals surface area contributed by atoms with Crippen LogP contribution in [0.3, 0.4) is 0 Å². The predicted molar refractivity (Wildman–Crippen MR) is 207 cm³/mol. The molecule has 3 aromatic carbocycles. The molecule has 334 valence electrons. The Morgan fingerprint density at radius 3 is 2.20 bits per heavy atom. The SMILES string of the molecule is COC(=O)COCCc1cc(COC(=O)ON2C(=O)CCC2=O)ccc1SSCC(NC(=O)OCC1c2ccccc2-c2ccccc21)C(=O)NCCOP(=O)(O)O.[Fm].[Fm]. The fourth-order valence-corrected chi connectivity index (χ4v) is 8.66. The largest absolute Gasteiger partial charge is 0.534 e. The minimum absolute atomic E-state index is 0. The second-order valence-corrected chi connectivity index (χ2v) is 16.2. The summed E-state index contributed by atoms with van der Waals surface area (Å²) in [6.45, 7) is -1.21. The first-order chi connectivity index (χ1) is 27.8. The molecule has 0 aromatic heterocycles. The van der Waals surface area contributed by atoms with E-state index < -0.39 is 56.4 Å². The smallest absolute Gasteiger partial charge is 0.467 e. The molecule has 18 nitrogen and oxygen atoms in total. The van der Waals surface area contributed by atoms with Crippen LogP contribution in [0.4, 0.5) is 9.59 Å². The van der Waals surface area contributed by atoms with Gasteiger partial charge in [-0.15, -0.1) is 0 Å². The second-order valence-electron chi connectivity index (χ2n) is 12.5. The number of rotatable bonds is 20. The van der Waals surface area contributed by atoms with Gasteiger partial charge in [-0.1, -0.05) is 87.3 Å². The number of carbonyl (C=O) groups excluding carboxylic acids is 6. The van der Waals surface area contributed by atoms with E-state index in [1.165, 1.54) is 28.7 Å². The van der Waals surface area contributed by atoms with Crippen LogP contribution in [0.5, 0.6) is 0 Å². The molecule has 23 heteroatoms. The van der Waals surface area contributed by atoms with Gasteiger partial charge in [0, 0.05) is 36.0 Å². The van der Waals surface area contributed by atoms with Crippen LogP contribution in [-0.2, 0) is 65.1 Å². The normalized spacial score (nSPS) is 13.6. The van der Waals surface area contributed by atoms with E-state index in [1.54, 1.807) is 18.2 Å². The Morgan fingerprint density at radius 1 is 0.917 bits per heavy atom. The molecule has 0 saturated carbocycles. The fraction of sp³-hybridized carbons (Fsp3) is 0.351. The Bertz CT molecular complexity index is 2000. The molecular formula is C37H40Fm2N3O15PS2. The van der Waals surface area contributed by atoms with Crippen molar-refractivity contribution in [3.63, 3.8) is 0 Å². The maximum atomic E-state index is 13.3. The van der Waals surface area contributed by atoms with Crippen LogP contribution in [0.25, 0.3) is 11.1 Å². The van der Waals surface area contributed by atoms with Gasteiger partial charge < -0.3 is 39.4 Å². The van der Waals surface area contributed by atoms with Gasteiger partial charge in [0.05, 0.1) is 20.3 Å². The van der Waals surface area contributed by atoms with E-state index in [-0.39, 0.29) is 63.9 Å². The molecule has 4 N–H and O–H groups in total. The molecule has 1 saturated heterocycles. The Labute approximate surface area is 340 Å². The zero-order chi connectivity index (χ0) is 41.7. The summed E-state index contributed by atoms with van der Waals surface area (Å²) in [4.78, 5) is 97.2. The number of ether oxygens (including phenoxy) is 4. The molecule has 0 spiro atoms. The quantitative estimate of drug-likeness (QED) is 0.0312. The first-order valence-electron chi connectivity index (χ1n) is 17.7.